The zero-order valence-electron chi connectivity index (χ0n) is 19.7. The number of halogens is 2. The van der Waals surface area contributed by atoms with Gasteiger partial charge < -0.3 is 19.1 Å². The number of carboxylic acids is 1. The third-order valence-corrected chi connectivity index (χ3v) is 7.49. The molecule has 1 saturated carbocycles. The van der Waals surface area contributed by atoms with E-state index >= 15 is 0 Å². The van der Waals surface area contributed by atoms with Crippen LogP contribution < -0.4 is 4.74 Å². The maximum absolute atomic E-state index is 11.2. The molecule has 188 valence electrons. The molecule has 1 aliphatic heterocycles. The van der Waals surface area contributed by atoms with E-state index in [4.69, 9.17) is 37.2 Å². The topological polar surface area (TPSA) is 81.8 Å². The molecule has 0 bridgehead atoms. The average Bonchev–Trinajstić information content (AvgIpc) is 3.63. The van der Waals surface area contributed by atoms with E-state index in [1.165, 1.54) is 0 Å². The van der Waals surface area contributed by atoms with Crippen molar-refractivity contribution in [3.8, 4) is 17.0 Å². The number of nitrogens with zero attached hydrogens (tertiary/aromatic N) is 1. The van der Waals surface area contributed by atoms with Gasteiger partial charge in [0.2, 0.25) is 0 Å². The minimum atomic E-state index is -0.939. The van der Waals surface area contributed by atoms with Crippen molar-refractivity contribution < 1.29 is 23.9 Å². The van der Waals surface area contributed by atoms with E-state index in [0.29, 0.717) is 33.0 Å². The smallest absolute Gasteiger partial charge is 0.335 e. The maximum Gasteiger partial charge on any atom is 0.335 e. The number of carbonyl (C=O) groups is 1. The summed E-state index contributed by atoms with van der Waals surface area (Å²) in [5.74, 6) is 0.964. The van der Waals surface area contributed by atoms with Crippen LogP contribution in [0.4, 0.5) is 0 Å². The van der Waals surface area contributed by atoms with Crippen molar-refractivity contribution in [1.29, 1.82) is 0 Å². The van der Waals surface area contributed by atoms with E-state index in [0.717, 1.165) is 41.7 Å². The molecule has 6 nitrogen and oxygen atoms in total. The second-order valence-electron chi connectivity index (χ2n) is 9.38. The monoisotopic (exact) mass is 535 g/mol. The summed E-state index contributed by atoms with van der Waals surface area (Å²) >= 11 is 12.9. The Kier molecular flexibility index (Phi) is 6.41. The number of aromatic nitrogens is 1. The Labute approximate surface area is 223 Å². The van der Waals surface area contributed by atoms with Gasteiger partial charge in [-0.15, -0.1) is 0 Å². The molecular formula is C29H23Cl2NO5. The number of ether oxygens (including phenoxy) is 2. The van der Waals surface area contributed by atoms with Crippen LogP contribution in [0.3, 0.4) is 0 Å². The summed E-state index contributed by atoms with van der Waals surface area (Å²) in [5, 5.41) is 14.6. The molecule has 0 radical (unpaired) electrons. The summed E-state index contributed by atoms with van der Waals surface area (Å²) in [5.41, 5.74) is 4.34. The van der Waals surface area contributed by atoms with Crippen molar-refractivity contribution in [3.63, 3.8) is 0 Å². The van der Waals surface area contributed by atoms with Gasteiger partial charge in [-0.2, -0.15) is 0 Å². The number of aromatic carboxylic acids is 1. The Morgan fingerprint density at radius 3 is 2.32 bits per heavy atom. The number of rotatable bonds is 8. The normalized spacial score (nSPS) is 18.9. The maximum atomic E-state index is 11.2. The van der Waals surface area contributed by atoms with Crippen LogP contribution in [-0.2, 0) is 11.3 Å². The Morgan fingerprint density at radius 1 is 0.973 bits per heavy atom. The van der Waals surface area contributed by atoms with E-state index in [2.05, 4.69) is 5.16 Å². The average molecular weight is 536 g/mol. The molecule has 1 saturated heterocycles. The molecular weight excluding hydrogens is 513 g/mol. The SMILES string of the molecule is O=C(O)c1cccc([C@@H]2C[C@@H](c3ccc(OCc4c(-c5c(Cl)cccc5Cl)noc4C4CC4)cc3)O2)c1. The molecule has 2 aliphatic rings. The minimum Gasteiger partial charge on any atom is -0.489 e. The van der Waals surface area contributed by atoms with Gasteiger partial charge >= 0.3 is 5.97 Å². The lowest BCUT2D eigenvalue weighted by atomic mass is 9.92. The second kappa shape index (κ2) is 9.86. The highest BCUT2D eigenvalue weighted by atomic mass is 35.5. The predicted octanol–water partition coefficient (Wildman–Crippen LogP) is 8.01. The molecule has 0 unspecified atom stereocenters. The van der Waals surface area contributed by atoms with E-state index in [1.54, 1.807) is 36.4 Å². The predicted molar refractivity (Wildman–Crippen MR) is 139 cm³/mol. The first-order chi connectivity index (χ1) is 18.0. The molecule has 2 atom stereocenters. The Bertz CT molecular complexity index is 1440. The zero-order valence-corrected chi connectivity index (χ0v) is 21.2. The van der Waals surface area contributed by atoms with Crippen molar-refractivity contribution >= 4 is 29.2 Å². The van der Waals surface area contributed by atoms with Crippen molar-refractivity contribution in [2.45, 2.75) is 44.0 Å². The zero-order chi connectivity index (χ0) is 25.5. The molecule has 1 aliphatic carbocycles. The van der Waals surface area contributed by atoms with Crippen molar-refractivity contribution in [1.82, 2.24) is 5.16 Å². The summed E-state index contributed by atoms with van der Waals surface area (Å²) in [6, 6.07) is 20.1. The van der Waals surface area contributed by atoms with Crippen molar-refractivity contribution in [3.05, 3.63) is 105 Å². The first-order valence-corrected chi connectivity index (χ1v) is 12.9. The van der Waals surface area contributed by atoms with Crippen LogP contribution in [0.15, 0.2) is 71.3 Å². The molecule has 0 spiro atoms. The number of carboxylic acid groups (broad SMARTS) is 1. The van der Waals surface area contributed by atoms with Crippen LogP contribution in [0.5, 0.6) is 5.75 Å². The fourth-order valence-corrected chi connectivity index (χ4v) is 5.24. The number of benzene rings is 3. The van der Waals surface area contributed by atoms with Gasteiger partial charge in [0.05, 0.1) is 33.4 Å². The molecule has 2 heterocycles. The highest BCUT2D eigenvalue weighted by Gasteiger charge is 2.34. The molecule has 4 aromatic rings. The second-order valence-corrected chi connectivity index (χ2v) is 10.2. The van der Waals surface area contributed by atoms with Gasteiger partial charge in [0.25, 0.3) is 0 Å². The third kappa shape index (κ3) is 4.85. The van der Waals surface area contributed by atoms with Gasteiger partial charge in [0.1, 0.15) is 23.8 Å². The van der Waals surface area contributed by atoms with Crippen LogP contribution in [0.2, 0.25) is 10.0 Å². The fourth-order valence-electron chi connectivity index (χ4n) is 4.67. The quantitative estimate of drug-likeness (QED) is 0.246. The summed E-state index contributed by atoms with van der Waals surface area (Å²) < 4.78 is 17.9. The van der Waals surface area contributed by atoms with E-state index < -0.39 is 5.97 Å². The van der Waals surface area contributed by atoms with Gasteiger partial charge in [-0.05, 0) is 60.4 Å². The van der Waals surface area contributed by atoms with E-state index in [-0.39, 0.29) is 24.4 Å². The summed E-state index contributed by atoms with van der Waals surface area (Å²) in [6.07, 6.45) is 2.77. The van der Waals surface area contributed by atoms with Gasteiger partial charge in [-0.25, -0.2) is 4.79 Å². The Balaban J connectivity index is 1.13. The molecule has 2 fully saturated rings. The number of hydrogen-bond acceptors (Lipinski definition) is 5. The van der Waals surface area contributed by atoms with E-state index in [9.17, 15) is 9.90 Å². The van der Waals surface area contributed by atoms with Crippen LogP contribution >= 0.6 is 23.2 Å². The van der Waals surface area contributed by atoms with Gasteiger partial charge in [0.15, 0.2) is 0 Å². The summed E-state index contributed by atoms with van der Waals surface area (Å²) in [4.78, 5) is 11.2. The highest BCUT2D eigenvalue weighted by molar-refractivity contribution is 6.39. The number of hydrogen-bond donors (Lipinski definition) is 1. The molecule has 1 aromatic heterocycles. The van der Waals surface area contributed by atoms with Crippen molar-refractivity contribution in [2.24, 2.45) is 0 Å². The molecule has 8 heteroatoms. The lowest BCUT2D eigenvalue weighted by Crippen LogP contribution is -2.23. The fraction of sp³-hybridized carbons (Fsp3) is 0.241. The molecule has 0 amide bonds. The van der Waals surface area contributed by atoms with Gasteiger partial charge in [-0.1, -0.05) is 58.7 Å². The van der Waals surface area contributed by atoms with Crippen LogP contribution in [-0.4, -0.2) is 16.2 Å². The molecule has 37 heavy (non-hydrogen) atoms. The van der Waals surface area contributed by atoms with Gasteiger partial charge in [-0.3, -0.25) is 0 Å². The lowest BCUT2D eigenvalue weighted by Gasteiger charge is -2.36. The van der Waals surface area contributed by atoms with Crippen LogP contribution in [0, 0.1) is 0 Å². The molecule has 6 rings (SSSR count). The first-order valence-electron chi connectivity index (χ1n) is 12.1. The minimum absolute atomic E-state index is 0.0407. The Morgan fingerprint density at radius 2 is 1.65 bits per heavy atom. The van der Waals surface area contributed by atoms with Gasteiger partial charge in [0, 0.05) is 17.9 Å². The van der Waals surface area contributed by atoms with Crippen molar-refractivity contribution in [2.75, 3.05) is 0 Å². The van der Waals surface area contributed by atoms with E-state index in [1.807, 2.05) is 30.3 Å². The van der Waals surface area contributed by atoms with Crippen LogP contribution in [0.1, 0.15) is 70.2 Å². The highest BCUT2D eigenvalue weighted by Crippen LogP contribution is 2.47. The largest absolute Gasteiger partial charge is 0.489 e. The first kappa shape index (κ1) is 24.0. The third-order valence-electron chi connectivity index (χ3n) is 6.86. The summed E-state index contributed by atoms with van der Waals surface area (Å²) in [7, 11) is 0. The lowest BCUT2D eigenvalue weighted by molar-refractivity contribution is -0.130. The standard InChI is InChI=1S/C29H23Cl2NO5/c30-22-5-2-6-23(31)26(22)27-21(28(37-32-27)17-7-8-17)15-35-20-11-9-16(10-12-20)24-14-25(36-24)18-3-1-4-19(13-18)29(33)34/h1-6,9-13,17,24-25H,7-8,14-15H2,(H,33,34)/t24-,25-/m0/s1. The Hall–Kier alpha value is -3.32. The molecule has 1 N–H and O–H groups in total. The summed E-state index contributed by atoms with van der Waals surface area (Å²) in [6.45, 7) is 0.285. The molecule has 3 aromatic carbocycles. The van der Waals surface area contributed by atoms with Crippen LogP contribution in [0.25, 0.3) is 11.3 Å².